The molecule has 0 saturated carbocycles. The number of aromatic amines is 1. The molecule has 18 heavy (non-hydrogen) atoms. The molecule has 1 aromatic heterocycles. The molecule has 9 heteroatoms. The van der Waals surface area contributed by atoms with Crippen LogP contribution in [0.4, 0.5) is 13.2 Å². The average molecular weight is 266 g/mol. The first-order valence-corrected chi connectivity index (χ1v) is 4.58. The van der Waals surface area contributed by atoms with E-state index in [1.807, 2.05) is 4.98 Å². The topological polar surface area (TPSA) is 94.4 Å². The summed E-state index contributed by atoms with van der Waals surface area (Å²) in [7, 11) is 1.06. The quantitative estimate of drug-likeness (QED) is 0.778. The minimum Gasteiger partial charge on any atom is -0.464 e. The highest BCUT2D eigenvalue weighted by Gasteiger charge is 2.33. The Kier molecular flexibility index (Phi) is 3.96. The molecule has 0 aromatic carbocycles. The highest BCUT2D eigenvalue weighted by Crippen LogP contribution is 2.23. The molecule has 0 spiro atoms. The van der Waals surface area contributed by atoms with Gasteiger partial charge in [-0.2, -0.15) is 0 Å². The summed E-state index contributed by atoms with van der Waals surface area (Å²) >= 11 is 0. The first-order chi connectivity index (χ1) is 8.28. The Bertz CT molecular complexity index is 510. The van der Waals surface area contributed by atoms with Crippen molar-refractivity contribution in [1.29, 1.82) is 0 Å². The third-order valence-corrected chi connectivity index (χ3v) is 1.91. The van der Waals surface area contributed by atoms with Gasteiger partial charge in [0.15, 0.2) is 5.75 Å². The number of hydrogen-bond donors (Lipinski definition) is 2. The Morgan fingerprint density at radius 3 is 2.56 bits per heavy atom. The summed E-state index contributed by atoms with van der Waals surface area (Å²) in [6, 6.07) is 0.967. The summed E-state index contributed by atoms with van der Waals surface area (Å²) < 4.78 is 44.0. The van der Waals surface area contributed by atoms with Gasteiger partial charge in [0.25, 0.3) is 5.56 Å². The number of ether oxygens (including phenoxy) is 2. The Balaban J connectivity index is 3.29. The number of halogens is 3. The zero-order valence-corrected chi connectivity index (χ0v) is 9.13. The van der Waals surface area contributed by atoms with E-state index in [1.54, 1.807) is 0 Å². The van der Waals surface area contributed by atoms with Crippen LogP contribution in [0, 0.1) is 0 Å². The molecule has 0 aliphatic carbocycles. The van der Waals surface area contributed by atoms with Crippen molar-refractivity contribution in [3.05, 3.63) is 27.7 Å². The number of aromatic nitrogens is 1. The predicted octanol–water partition coefficient (Wildman–Crippen LogP) is 0.519. The summed E-state index contributed by atoms with van der Waals surface area (Å²) in [5, 5.41) is 0. The number of rotatable bonds is 3. The largest absolute Gasteiger partial charge is 0.573 e. The standard InChI is InChI=1S/C9H9F3N2O4/c1-17-8(16)5-2-4(3-13)6(7(15)14-5)18-9(10,11)12/h2H,3,13H2,1H3,(H,14,15). The highest BCUT2D eigenvalue weighted by atomic mass is 19.4. The second-order valence-corrected chi connectivity index (χ2v) is 3.11. The molecule has 0 unspecified atom stereocenters. The fourth-order valence-corrected chi connectivity index (χ4v) is 1.20. The number of nitrogens with two attached hydrogens (primary N) is 1. The van der Waals surface area contributed by atoms with Gasteiger partial charge in [0, 0.05) is 12.1 Å². The summed E-state index contributed by atoms with van der Waals surface area (Å²) in [6.07, 6.45) is -5.02. The number of carbonyl (C=O) groups excluding carboxylic acids is 1. The van der Waals surface area contributed by atoms with Crippen molar-refractivity contribution >= 4 is 5.97 Å². The number of pyridine rings is 1. The second-order valence-electron chi connectivity index (χ2n) is 3.11. The summed E-state index contributed by atoms with van der Waals surface area (Å²) in [5.41, 5.74) is 3.42. The maximum Gasteiger partial charge on any atom is 0.573 e. The Labute approximate surface area is 98.5 Å². The van der Waals surface area contributed by atoms with Gasteiger partial charge in [-0.25, -0.2) is 4.79 Å². The third-order valence-electron chi connectivity index (χ3n) is 1.91. The summed E-state index contributed by atoms with van der Waals surface area (Å²) in [5.74, 6) is -1.89. The van der Waals surface area contributed by atoms with Gasteiger partial charge in [0.2, 0.25) is 0 Å². The Hall–Kier alpha value is -2.03. The number of hydrogen-bond acceptors (Lipinski definition) is 5. The van der Waals surface area contributed by atoms with Crippen LogP contribution in [0.15, 0.2) is 10.9 Å². The minimum atomic E-state index is -5.02. The maximum atomic E-state index is 12.1. The molecule has 100 valence electrons. The van der Waals surface area contributed by atoms with Gasteiger partial charge in [0.1, 0.15) is 5.69 Å². The van der Waals surface area contributed by atoms with Gasteiger partial charge < -0.3 is 20.2 Å². The number of nitrogens with one attached hydrogen (secondary N) is 1. The zero-order chi connectivity index (χ0) is 13.9. The summed E-state index contributed by atoms with van der Waals surface area (Å²) in [6.45, 7) is -0.403. The highest BCUT2D eigenvalue weighted by molar-refractivity contribution is 5.87. The van der Waals surface area contributed by atoms with Gasteiger partial charge in [-0.05, 0) is 6.07 Å². The van der Waals surface area contributed by atoms with E-state index in [2.05, 4.69) is 9.47 Å². The molecule has 1 rings (SSSR count). The lowest BCUT2D eigenvalue weighted by molar-refractivity contribution is -0.275. The average Bonchev–Trinajstić information content (AvgIpc) is 2.28. The van der Waals surface area contributed by atoms with E-state index < -0.39 is 30.2 Å². The molecule has 0 radical (unpaired) electrons. The van der Waals surface area contributed by atoms with E-state index in [4.69, 9.17) is 5.73 Å². The maximum absolute atomic E-state index is 12.1. The minimum absolute atomic E-state index is 0.253. The van der Waals surface area contributed by atoms with E-state index in [9.17, 15) is 22.8 Å². The van der Waals surface area contributed by atoms with Crippen molar-refractivity contribution in [2.75, 3.05) is 7.11 Å². The van der Waals surface area contributed by atoms with Crippen molar-refractivity contribution in [2.24, 2.45) is 5.73 Å². The Morgan fingerprint density at radius 2 is 2.11 bits per heavy atom. The third kappa shape index (κ3) is 3.23. The van der Waals surface area contributed by atoms with Crippen molar-refractivity contribution in [3.8, 4) is 5.75 Å². The molecule has 0 aliphatic rings. The van der Waals surface area contributed by atoms with Crippen molar-refractivity contribution in [3.63, 3.8) is 0 Å². The van der Waals surface area contributed by atoms with Crippen LogP contribution in [0.1, 0.15) is 16.1 Å². The van der Waals surface area contributed by atoms with E-state index in [-0.39, 0.29) is 11.3 Å². The molecular weight excluding hydrogens is 257 g/mol. The van der Waals surface area contributed by atoms with E-state index in [1.165, 1.54) is 0 Å². The van der Waals surface area contributed by atoms with Crippen LogP contribution >= 0.6 is 0 Å². The fraction of sp³-hybridized carbons (Fsp3) is 0.333. The van der Waals surface area contributed by atoms with E-state index in [0.29, 0.717) is 0 Å². The number of methoxy groups -OCH3 is 1. The normalized spacial score (nSPS) is 11.2. The number of carbonyl (C=O) groups is 1. The molecule has 0 atom stereocenters. The summed E-state index contributed by atoms with van der Waals surface area (Å²) in [4.78, 5) is 24.4. The first-order valence-electron chi connectivity index (χ1n) is 4.58. The second kappa shape index (κ2) is 5.08. The van der Waals surface area contributed by atoms with Crippen LogP contribution in [-0.2, 0) is 11.3 Å². The van der Waals surface area contributed by atoms with Gasteiger partial charge in [-0.1, -0.05) is 0 Å². The Morgan fingerprint density at radius 1 is 1.50 bits per heavy atom. The van der Waals surface area contributed by atoms with Crippen LogP contribution in [0.3, 0.4) is 0 Å². The van der Waals surface area contributed by atoms with E-state index in [0.717, 1.165) is 13.2 Å². The molecule has 0 fully saturated rings. The van der Waals surface area contributed by atoms with Gasteiger partial charge >= 0.3 is 12.3 Å². The monoisotopic (exact) mass is 266 g/mol. The van der Waals surface area contributed by atoms with Crippen LogP contribution < -0.4 is 16.0 Å². The lowest BCUT2D eigenvalue weighted by atomic mass is 10.2. The molecule has 1 aromatic rings. The van der Waals surface area contributed by atoms with Crippen molar-refractivity contribution in [2.45, 2.75) is 12.9 Å². The lowest BCUT2D eigenvalue weighted by Gasteiger charge is -2.12. The van der Waals surface area contributed by atoms with Gasteiger partial charge in [-0.3, -0.25) is 4.79 Å². The first kappa shape index (κ1) is 14.0. The van der Waals surface area contributed by atoms with Crippen molar-refractivity contribution < 1.29 is 27.4 Å². The van der Waals surface area contributed by atoms with Crippen LogP contribution in [0.25, 0.3) is 0 Å². The smallest absolute Gasteiger partial charge is 0.464 e. The number of H-pyrrole nitrogens is 1. The molecule has 0 aliphatic heterocycles. The molecule has 6 nitrogen and oxygen atoms in total. The molecular formula is C9H9F3N2O4. The molecule has 0 bridgehead atoms. The van der Waals surface area contributed by atoms with Gasteiger partial charge in [-0.15, -0.1) is 13.2 Å². The molecule has 0 amide bonds. The lowest BCUT2D eigenvalue weighted by Crippen LogP contribution is -2.26. The van der Waals surface area contributed by atoms with Gasteiger partial charge in [0.05, 0.1) is 7.11 Å². The van der Waals surface area contributed by atoms with Crippen molar-refractivity contribution in [1.82, 2.24) is 4.98 Å². The number of esters is 1. The van der Waals surface area contributed by atoms with Crippen LogP contribution in [0.5, 0.6) is 5.75 Å². The van der Waals surface area contributed by atoms with Crippen LogP contribution in [-0.4, -0.2) is 24.4 Å². The molecule has 1 heterocycles. The van der Waals surface area contributed by atoms with E-state index >= 15 is 0 Å². The SMILES string of the molecule is COC(=O)c1cc(CN)c(OC(F)(F)F)c(=O)[nH]1. The predicted molar refractivity (Wildman–Crippen MR) is 53.0 cm³/mol. The molecule has 3 N–H and O–H groups in total. The van der Waals surface area contributed by atoms with Crippen LogP contribution in [0.2, 0.25) is 0 Å². The molecule has 0 saturated heterocycles. The fourth-order valence-electron chi connectivity index (χ4n) is 1.20. The number of alkyl halides is 3. The zero-order valence-electron chi connectivity index (χ0n) is 9.13.